The van der Waals surface area contributed by atoms with E-state index >= 15 is 0 Å². The molecule has 0 unspecified atom stereocenters. The molecule has 0 saturated heterocycles. The highest BCUT2D eigenvalue weighted by Crippen LogP contribution is 2.18. The highest BCUT2D eigenvalue weighted by molar-refractivity contribution is 6.06. The van der Waals surface area contributed by atoms with Gasteiger partial charge in [0.2, 0.25) is 0 Å². The Morgan fingerprint density at radius 3 is 2.44 bits per heavy atom. The van der Waals surface area contributed by atoms with E-state index in [4.69, 9.17) is 9.47 Å². The van der Waals surface area contributed by atoms with Crippen LogP contribution in [0, 0.1) is 0 Å². The molecule has 0 aromatic heterocycles. The number of hydrogen-bond acceptors (Lipinski definition) is 4. The molecule has 1 aromatic rings. The fraction of sp³-hybridized carbons (Fsp3) is 0.286. The number of carbonyl (C=O) groups excluding carboxylic acids is 1. The van der Waals surface area contributed by atoms with E-state index in [-0.39, 0.29) is 6.10 Å². The van der Waals surface area contributed by atoms with Crippen molar-refractivity contribution in [2.24, 2.45) is 4.99 Å². The van der Waals surface area contributed by atoms with Crippen molar-refractivity contribution in [2.75, 3.05) is 0 Å². The molecule has 0 aliphatic carbocycles. The van der Waals surface area contributed by atoms with Gasteiger partial charge in [0.05, 0.1) is 6.10 Å². The molecule has 1 aromatic carbocycles. The number of ether oxygens (including phenoxy) is 2. The first-order valence-corrected chi connectivity index (χ1v) is 5.80. The van der Waals surface area contributed by atoms with Crippen LogP contribution >= 0.6 is 0 Å². The molecule has 0 bridgehead atoms. The summed E-state index contributed by atoms with van der Waals surface area (Å²) in [6, 6.07) is 7.48. The quantitative estimate of drug-likeness (QED) is 0.607. The molecule has 94 valence electrons. The molecule has 0 N–H and O–H groups in total. The number of benzene rings is 1. The van der Waals surface area contributed by atoms with Crippen LogP contribution in [0.2, 0.25) is 0 Å². The molecule has 0 radical (unpaired) electrons. The lowest BCUT2D eigenvalue weighted by Gasteiger charge is -2.09. The molecule has 1 aliphatic rings. The van der Waals surface area contributed by atoms with Gasteiger partial charge in [-0.3, -0.25) is 0 Å². The Kier molecular flexibility index (Phi) is 3.46. The van der Waals surface area contributed by atoms with Crippen molar-refractivity contribution in [1.29, 1.82) is 0 Å². The van der Waals surface area contributed by atoms with E-state index < -0.39 is 5.97 Å². The van der Waals surface area contributed by atoms with E-state index in [1.54, 1.807) is 13.0 Å². The van der Waals surface area contributed by atoms with Crippen LogP contribution in [0.1, 0.15) is 26.3 Å². The molecule has 1 heterocycles. The van der Waals surface area contributed by atoms with Crippen LogP contribution in [0.3, 0.4) is 0 Å². The van der Waals surface area contributed by atoms with Crippen LogP contribution in [-0.4, -0.2) is 18.0 Å². The summed E-state index contributed by atoms with van der Waals surface area (Å²) in [7, 11) is 0. The lowest BCUT2D eigenvalue weighted by molar-refractivity contribution is -0.130. The van der Waals surface area contributed by atoms with Crippen molar-refractivity contribution >= 4 is 17.9 Å². The maximum absolute atomic E-state index is 11.4. The van der Waals surface area contributed by atoms with Crippen molar-refractivity contribution in [1.82, 2.24) is 0 Å². The lowest BCUT2D eigenvalue weighted by Crippen LogP contribution is -2.05. The largest absolute Gasteiger partial charge is 0.491 e. The van der Waals surface area contributed by atoms with E-state index in [0.29, 0.717) is 11.6 Å². The molecule has 0 atom stereocenters. The SMILES string of the molecule is CC1=N/C(=C/c2ccc(OC(C)C)cc2)C(=O)O1. The molecule has 2 rings (SSSR count). The monoisotopic (exact) mass is 245 g/mol. The summed E-state index contributed by atoms with van der Waals surface area (Å²) in [5.74, 6) is 0.779. The Morgan fingerprint density at radius 2 is 1.94 bits per heavy atom. The number of carbonyl (C=O) groups is 1. The first-order valence-electron chi connectivity index (χ1n) is 5.80. The summed E-state index contributed by atoms with van der Waals surface area (Å²) in [6.07, 6.45) is 1.84. The Balaban J connectivity index is 2.16. The highest BCUT2D eigenvalue weighted by Gasteiger charge is 2.19. The molecule has 0 spiro atoms. The summed E-state index contributed by atoms with van der Waals surface area (Å²) < 4.78 is 10.4. The molecule has 0 saturated carbocycles. The summed E-state index contributed by atoms with van der Waals surface area (Å²) in [6.45, 7) is 5.60. The third-order valence-corrected chi connectivity index (χ3v) is 2.28. The van der Waals surface area contributed by atoms with Gasteiger partial charge in [-0.2, -0.15) is 0 Å². The van der Waals surface area contributed by atoms with Crippen LogP contribution in [0.4, 0.5) is 0 Å². The summed E-state index contributed by atoms with van der Waals surface area (Å²) >= 11 is 0. The fourth-order valence-corrected chi connectivity index (χ4v) is 1.59. The normalized spacial score (nSPS) is 17.0. The molecule has 18 heavy (non-hydrogen) atoms. The molecular weight excluding hydrogens is 230 g/mol. The number of rotatable bonds is 3. The Morgan fingerprint density at radius 1 is 1.28 bits per heavy atom. The minimum Gasteiger partial charge on any atom is -0.491 e. The predicted molar refractivity (Wildman–Crippen MR) is 69.4 cm³/mol. The van der Waals surface area contributed by atoms with Crippen molar-refractivity contribution in [3.63, 3.8) is 0 Å². The molecule has 4 heteroatoms. The maximum atomic E-state index is 11.4. The first kappa shape index (κ1) is 12.4. The van der Waals surface area contributed by atoms with E-state index in [2.05, 4.69) is 4.99 Å². The standard InChI is InChI=1S/C14H15NO3/c1-9(2)17-12-6-4-11(5-7-12)8-13-14(16)18-10(3)15-13/h4-9H,1-3H3/b13-8+. The van der Waals surface area contributed by atoms with Gasteiger partial charge in [-0.25, -0.2) is 9.79 Å². The smallest absolute Gasteiger partial charge is 0.363 e. The predicted octanol–water partition coefficient (Wildman–Crippen LogP) is 2.79. The van der Waals surface area contributed by atoms with Gasteiger partial charge in [0.25, 0.3) is 0 Å². The van der Waals surface area contributed by atoms with Crippen molar-refractivity contribution in [3.05, 3.63) is 35.5 Å². The number of cyclic esters (lactones) is 1. The van der Waals surface area contributed by atoms with Gasteiger partial charge in [-0.15, -0.1) is 0 Å². The van der Waals surface area contributed by atoms with Crippen LogP contribution < -0.4 is 4.74 Å². The number of nitrogens with zero attached hydrogens (tertiary/aromatic N) is 1. The van der Waals surface area contributed by atoms with E-state index in [1.165, 1.54) is 0 Å². The fourth-order valence-electron chi connectivity index (χ4n) is 1.59. The number of aliphatic imine (C=N–C) groups is 1. The van der Waals surface area contributed by atoms with Crippen molar-refractivity contribution in [2.45, 2.75) is 26.9 Å². The molecule has 0 amide bonds. The zero-order valence-electron chi connectivity index (χ0n) is 10.6. The van der Waals surface area contributed by atoms with Gasteiger partial charge in [-0.1, -0.05) is 12.1 Å². The summed E-state index contributed by atoms with van der Waals surface area (Å²) in [4.78, 5) is 15.4. The second kappa shape index (κ2) is 5.04. The van der Waals surface area contributed by atoms with E-state index in [9.17, 15) is 4.79 Å². The Bertz CT molecular complexity index is 512. The van der Waals surface area contributed by atoms with Gasteiger partial charge in [0.1, 0.15) is 5.75 Å². The average molecular weight is 245 g/mol. The van der Waals surface area contributed by atoms with Crippen LogP contribution in [0.15, 0.2) is 35.0 Å². The van der Waals surface area contributed by atoms with Crippen LogP contribution in [-0.2, 0) is 9.53 Å². The molecular formula is C14H15NO3. The summed E-state index contributed by atoms with van der Waals surface area (Å²) in [5.41, 5.74) is 1.21. The maximum Gasteiger partial charge on any atom is 0.363 e. The molecule has 4 nitrogen and oxygen atoms in total. The zero-order valence-corrected chi connectivity index (χ0v) is 10.6. The van der Waals surface area contributed by atoms with Crippen molar-refractivity contribution < 1.29 is 14.3 Å². The van der Waals surface area contributed by atoms with E-state index in [0.717, 1.165) is 11.3 Å². The highest BCUT2D eigenvalue weighted by atomic mass is 16.6. The van der Waals surface area contributed by atoms with Gasteiger partial charge >= 0.3 is 5.97 Å². The van der Waals surface area contributed by atoms with Gasteiger partial charge in [-0.05, 0) is 37.6 Å². The van der Waals surface area contributed by atoms with Gasteiger partial charge in [0.15, 0.2) is 11.6 Å². The van der Waals surface area contributed by atoms with Gasteiger partial charge < -0.3 is 9.47 Å². The minimum atomic E-state index is -0.407. The number of esters is 1. The van der Waals surface area contributed by atoms with Crippen LogP contribution in [0.5, 0.6) is 5.75 Å². The topological polar surface area (TPSA) is 47.9 Å². The number of hydrogen-bond donors (Lipinski definition) is 0. The second-order valence-electron chi connectivity index (χ2n) is 4.29. The van der Waals surface area contributed by atoms with Gasteiger partial charge in [0, 0.05) is 6.92 Å². The Hall–Kier alpha value is -2.10. The second-order valence-corrected chi connectivity index (χ2v) is 4.29. The summed E-state index contributed by atoms with van der Waals surface area (Å²) in [5, 5.41) is 0. The first-order chi connectivity index (χ1) is 8.54. The lowest BCUT2D eigenvalue weighted by atomic mass is 10.2. The van der Waals surface area contributed by atoms with Crippen molar-refractivity contribution in [3.8, 4) is 5.75 Å². The zero-order chi connectivity index (χ0) is 13.1. The molecule has 0 fully saturated rings. The molecule has 1 aliphatic heterocycles. The minimum absolute atomic E-state index is 0.145. The third kappa shape index (κ3) is 2.97. The third-order valence-electron chi connectivity index (χ3n) is 2.28. The Labute approximate surface area is 106 Å². The average Bonchev–Trinajstić information content (AvgIpc) is 2.59. The van der Waals surface area contributed by atoms with E-state index in [1.807, 2.05) is 38.1 Å². The van der Waals surface area contributed by atoms with Crippen LogP contribution in [0.25, 0.3) is 6.08 Å².